The molecule has 0 saturated carbocycles. The number of hydrogen-bond acceptors (Lipinski definition) is 4. The number of thioether (sulfide) groups is 1. The smallest absolute Gasteiger partial charge is 0.252 e. The van der Waals surface area contributed by atoms with Crippen molar-refractivity contribution in [3.63, 3.8) is 0 Å². The Bertz CT molecular complexity index is 494. The number of nitrogens with one attached hydrogen (secondary N) is 1. The van der Waals surface area contributed by atoms with Crippen LogP contribution in [0.15, 0.2) is 18.5 Å². The Morgan fingerprint density at radius 3 is 2.95 bits per heavy atom. The first-order valence-corrected chi connectivity index (χ1v) is 8.59. The van der Waals surface area contributed by atoms with Gasteiger partial charge in [-0.2, -0.15) is 11.8 Å². The van der Waals surface area contributed by atoms with E-state index in [1.165, 1.54) is 18.6 Å². The standard InChI is InChI=1S/C16H23N3OS/c1-21-12-5-3-2-4-10-19-16(20)15-8-11-18-13-14(15)7-6-9-17/h8,11,13H,2-5,9-10,12,17H2,1H3,(H,19,20). The SMILES string of the molecule is CSCCCCCCNC(=O)c1ccncc1C#CCN. The third-order valence-corrected chi connectivity index (χ3v) is 3.65. The fourth-order valence-corrected chi connectivity index (χ4v) is 2.35. The maximum absolute atomic E-state index is 12.1. The lowest BCUT2D eigenvalue weighted by atomic mass is 10.1. The molecule has 1 amide bonds. The highest BCUT2D eigenvalue weighted by atomic mass is 32.2. The average Bonchev–Trinajstić information content (AvgIpc) is 2.52. The maximum atomic E-state index is 12.1. The zero-order chi connectivity index (χ0) is 15.3. The van der Waals surface area contributed by atoms with Gasteiger partial charge in [0.1, 0.15) is 0 Å². The van der Waals surface area contributed by atoms with E-state index in [0.29, 0.717) is 17.7 Å². The van der Waals surface area contributed by atoms with Crippen LogP contribution in [-0.4, -0.2) is 36.0 Å². The minimum atomic E-state index is -0.0946. The summed E-state index contributed by atoms with van der Waals surface area (Å²) in [6.45, 7) is 0.968. The number of aromatic nitrogens is 1. The Labute approximate surface area is 131 Å². The van der Waals surface area contributed by atoms with Crippen LogP contribution in [0.1, 0.15) is 41.6 Å². The number of nitrogens with two attached hydrogens (primary N) is 1. The zero-order valence-electron chi connectivity index (χ0n) is 12.5. The van der Waals surface area contributed by atoms with Crippen LogP contribution in [0.3, 0.4) is 0 Å². The minimum Gasteiger partial charge on any atom is -0.352 e. The molecule has 1 aromatic rings. The van der Waals surface area contributed by atoms with Crippen LogP contribution in [0.4, 0.5) is 0 Å². The number of nitrogens with zero attached hydrogens (tertiary/aromatic N) is 1. The molecule has 21 heavy (non-hydrogen) atoms. The van der Waals surface area contributed by atoms with E-state index in [1.54, 1.807) is 18.5 Å². The predicted octanol–water partition coefficient (Wildman–Crippen LogP) is 2.04. The van der Waals surface area contributed by atoms with Gasteiger partial charge < -0.3 is 11.1 Å². The van der Waals surface area contributed by atoms with E-state index in [1.807, 2.05) is 11.8 Å². The van der Waals surface area contributed by atoms with Crippen LogP contribution < -0.4 is 11.1 Å². The van der Waals surface area contributed by atoms with Crippen molar-refractivity contribution in [1.82, 2.24) is 10.3 Å². The molecule has 0 fully saturated rings. The number of carbonyl (C=O) groups excluding carboxylic acids is 1. The lowest BCUT2D eigenvalue weighted by Crippen LogP contribution is -2.25. The Balaban J connectivity index is 2.38. The van der Waals surface area contributed by atoms with Crippen molar-refractivity contribution < 1.29 is 4.79 Å². The van der Waals surface area contributed by atoms with Crippen molar-refractivity contribution in [2.75, 3.05) is 25.1 Å². The fraction of sp³-hybridized carbons (Fsp3) is 0.500. The molecule has 5 heteroatoms. The highest BCUT2D eigenvalue weighted by molar-refractivity contribution is 7.98. The summed E-state index contributed by atoms with van der Waals surface area (Å²) < 4.78 is 0. The molecule has 0 aliphatic carbocycles. The van der Waals surface area contributed by atoms with Gasteiger partial charge in [-0.1, -0.05) is 24.7 Å². The summed E-state index contributed by atoms with van der Waals surface area (Å²) in [5.41, 5.74) is 6.54. The first-order valence-electron chi connectivity index (χ1n) is 7.19. The molecule has 0 aliphatic heterocycles. The minimum absolute atomic E-state index is 0.0946. The molecule has 4 nitrogen and oxygen atoms in total. The molecular formula is C16H23N3OS. The van der Waals surface area contributed by atoms with Crippen LogP contribution in [-0.2, 0) is 0 Å². The molecule has 1 aromatic heterocycles. The predicted molar refractivity (Wildman–Crippen MR) is 89.4 cm³/mol. The van der Waals surface area contributed by atoms with Crippen molar-refractivity contribution in [2.45, 2.75) is 25.7 Å². The average molecular weight is 305 g/mol. The van der Waals surface area contributed by atoms with E-state index in [-0.39, 0.29) is 12.5 Å². The molecule has 1 heterocycles. The molecule has 0 unspecified atom stereocenters. The molecule has 3 N–H and O–H groups in total. The molecular weight excluding hydrogens is 282 g/mol. The molecule has 0 saturated heterocycles. The maximum Gasteiger partial charge on any atom is 0.252 e. The number of unbranched alkanes of at least 4 members (excludes halogenated alkanes) is 3. The number of amides is 1. The van der Waals surface area contributed by atoms with Crippen molar-refractivity contribution in [3.05, 3.63) is 29.6 Å². The van der Waals surface area contributed by atoms with Gasteiger partial charge in [0.25, 0.3) is 5.91 Å². The highest BCUT2D eigenvalue weighted by Gasteiger charge is 2.09. The Hall–Kier alpha value is -1.51. The van der Waals surface area contributed by atoms with Gasteiger partial charge >= 0.3 is 0 Å². The second-order valence-electron chi connectivity index (χ2n) is 4.59. The van der Waals surface area contributed by atoms with Gasteiger partial charge in [0.2, 0.25) is 0 Å². The first-order chi connectivity index (χ1) is 10.3. The number of carbonyl (C=O) groups is 1. The van der Waals surface area contributed by atoms with Gasteiger partial charge in [-0.3, -0.25) is 9.78 Å². The second kappa shape index (κ2) is 11.2. The molecule has 0 aliphatic rings. The Morgan fingerprint density at radius 1 is 1.38 bits per heavy atom. The Morgan fingerprint density at radius 2 is 2.19 bits per heavy atom. The first kappa shape index (κ1) is 17.5. The van der Waals surface area contributed by atoms with E-state index >= 15 is 0 Å². The molecule has 0 radical (unpaired) electrons. The van der Waals surface area contributed by atoms with E-state index in [4.69, 9.17) is 5.73 Å². The monoisotopic (exact) mass is 305 g/mol. The summed E-state index contributed by atoms with van der Waals surface area (Å²) in [6, 6.07) is 1.69. The van der Waals surface area contributed by atoms with Crippen molar-refractivity contribution in [1.29, 1.82) is 0 Å². The van der Waals surface area contributed by atoms with E-state index in [0.717, 1.165) is 12.8 Å². The van der Waals surface area contributed by atoms with Gasteiger partial charge in [0.05, 0.1) is 17.7 Å². The lowest BCUT2D eigenvalue weighted by Gasteiger charge is -2.06. The summed E-state index contributed by atoms with van der Waals surface area (Å²) in [5, 5.41) is 2.94. The van der Waals surface area contributed by atoms with Gasteiger partial charge in [-0.15, -0.1) is 0 Å². The van der Waals surface area contributed by atoms with E-state index in [9.17, 15) is 4.79 Å². The van der Waals surface area contributed by atoms with E-state index in [2.05, 4.69) is 28.4 Å². The lowest BCUT2D eigenvalue weighted by molar-refractivity contribution is 0.0952. The summed E-state index contributed by atoms with van der Waals surface area (Å²) in [5.74, 6) is 6.75. The van der Waals surface area contributed by atoms with E-state index < -0.39 is 0 Å². The molecule has 0 bridgehead atoms. The summed E-state index contributed by atoms with van der Waals surface area (Å²) in [6.07, 6.45) is 9.95. The van der Waals surface area contributed by atoms with Crippen molar-refractivity contribution in [3.8, 4) is 11.8 Å². The number of hydrogen-bond donors (Lipinski definition) is 2. The normalized spacial score (nSPS) is 9.81. The van der Waals surface area contributed by atoms with Crippen molar-refractivity contribution in [2.24, 2.45) is 5.73 Å². The van der Waals surface area contributed by atoms with Crippen LogP contribution in [0.5, 0.6) is 0 Å². The second-order valence-corrected chi connectivity index (χ2v) is 5.58. The molecule has 0 spiro atoms. The van der Waals surface area contributed by atoms with Gasteiger partial charge in [0, 0.05) is 18.9 Å². The van der Waals surface area contributed by atoms with Crippen LogP contribution in [0.25, 0.3) is 0 Å². The zero-order valence-corrected chi connectivity index (χ0v) is 13.3. The highest BCUT2D eigenvalue weighted by Crippen LogP contribution is 2.06. The Kier molecular flexibility index (Phi) is 9.34. The summed E-state index contributed by atoms with van der Waals surface area (Å²) in [7, 11) is 0. The summed E-state index contributed by atoms with van der Waals surface area (Å²) in [4.78, 5) is 16.1. The molecule has 114 valence electrons. The number of rotatable bonds is 8. The van der Waals surface area contributed by atoms with Gasteiger partial charge in [-0.05, 0) is 30.9 Å². The molecule has 1 rings (SSSR count). The largest absolute Gasteiger partial charge is 0.352 e. The summed E-state index contributed by atoms with van der Waals surface area (Å²) >= 11 is 1.88. The molecule has 0 aromatic carbocycles. The third-order valence-electron chi connectivity index (χ3n) is 2.95. The molecule has 0 atom stereocenters. The fourth-order valence-electron chi connectivity index (χ4n) is 1.86. The van der Waals surface area contributed by atoms with Crippen LogP contribution in [0.2, 0.25) is 0 Å². The van der Waals surface area contributed by atoms with Crippen LogP contribution >= 0.6 is 11.8 Å². The third kappa shape index (κ3) is 7.16. The van der Waals surface area contributed by atoms with Crippen LogP contribution in [0, 0.1) is 11.8 Å². The number of pyridine rings is 1. The topological polar surface area (TPSA) is 68.0 Å². The van der Waals surface area contributed by atoms with Gasteiger partial charge in [0.15, 0.2) is 0 Å². The van der Waals surface area contributed by atoms with Gasteiger partial charge in [-0.25, -0.2) is 0 Å². The van der Waals surface area contributed by atoms with Crippen molar-refractivity contribution >= 4 is 17.7 Å². The quantitative estimate of drug-likeness (QED) is 0.570.